The lowest BCUT2D eigenvalue weighted by Gasteiger charge is -2.35. The van der Waals surface area contributed by atoms with Gasteiger partial charge in [0.2, 0.25) is 0 Å². The lowest BCUT2D eigenvalue weighted by atomic mass is 9.96. The Morgan fingerprint density at radius 3 is 2.89 bits per heavy atom. The first-order valence-electron chi connectivity index (χ1n) is 7.04. The number of nitrogens with zero attached hydrogens (tertiary/aromatic N) is 4. The molecular formula is C13H21FN4O. The molecule has 0 amide bonds. The maximum Gasteiger partial charge on any atom is 0.147 e. The van der Waals surface area contributed by atoms with Crippen LogP contribution in [0, 0.1) is 6.92 Å². The number of aromatic nitrogens is 3. The summed E-state index contributed by atoms with van der Waals surface area (Å²) in [6, 6.07) is 0.544. The summed E-state index contributed by atoms with van der Waals surface area (Å²) in [5.74, 6) is 1.88. The quantitative estimate of drug-likeness (QED) is 0.892. The molecule has 1 saturated heterocycles. The fourth-order valence-corrected chi connectivity index (χ4v) is 2.97. The SMILES string of the molecule is Cc1nnc(CN2CCCC(F)(CO)C2)n1C1CC1. The van der Waals surface area contributed by atoms with E-state index < -0.39 is 12.3 Å². The molecule has 1 aromatic rings. The predicted molar refractivity (Wildman–Crippen MR) is 68.5 cm³/mol. The molecule has 5 nitrogen and oxygen atoms in total. The number of alkyl halides is 1. The van der Waals surface area contributed by atoms with Gasteiger partial charge >= 0.3 is 0 Å². The smallest absolute Gasteiger partial charge is 0.147 e. The number of aliphatic hydroxyl groups excluding tert-OH is 1. The van der Waals surface area contributed by atoms with Gasteiger partial charge in [-0.15, -0.1) is 10.2 Å². The molecule has 1 N–H and O–H groups in total. The van der Waals surface area contributed by atoms with Crippen LogP contribution in [0.3, 0.4) is 0 Å². The number of aliphatic hydroxyl groups is 1. The summed E-state index contributed by atoms with van der Waals surface area (Å²) in [6.45, 7) is 3.36. The molecule has 1 aromatic heterocycles. The van der Waals surface area contributed by atoms with E-state index in [0.717, 1.165) is 24.6 Å². The standard InChI is InChI=1S/C13H21FN4O/c1-10-15-16-12(18(10)11-3-4-11)7-17-6-2-5-13(14,8-17)9-19/h11,19H,2-9H2,1H3. The second kappa shape index (κ2) is 4.83. The van der Waals surface area contributed by atoms with E-state index in [1.807, 2.05) is 11.8 Å². The molecule has 1 atom stereocenters. The van der Waals surface area contributed by atoms with Gasteiger partial charge in [-0.25, -0.2) is 4.39 Å². The molecule has 3 rings (SSSR count). The average molecular weight is 268 g/mol. The highest BCUT2D eigenvalue weighted by atomic mass is 19.1. The Balaban J connectivity index is 1.71. The van der Waals surface area contributed by atoms with E-state index >= 15 is 0 Å². The van der Waals surface area contributed by atoms with Crippen molar-refractivity contribution >= 4 is 0 Å². The van der Waals surface area contributed by atoms with Crippen molar-refractivity contribution in [1.82, 2.24) is 19.7 Å². The first-order chi connectivity index (χ1) is 9.11. The molecule has 0 spiro atoms. The molecule has 1 aliphatic heterocycles. The minimum absolute atomic E-state index is 0.292. The molecule has 0 bridgehead atoms. The first kappa shape index (κ1) is 13.0. The largest absolute Gasteiger partial charge is 0.393 e. The van der Waals surface area contributed by atoms with Gasteiger partial charge in [-0.2, -0.15) is 0 Å². The van der Waals surface area contributed by atoms with Crippen LogP contribution in [0.2, 0.25) is 0 Å². The number of likely N-dealkylation sites (tertiary alicyclic amines) is 1. The summed E-state index contributed by atoms with van der Waals surface area (Å²) in [5.41, 5.74) is -1.45. The van der Waals surface area contributed by atoms with E-state index in [4.69, 9.17) is 5.11 Å². The van der Waals surface area contributed by atoms with Gasteiger partial charge in [0.05, 0.1) is 13.2 Å². The van der Waals surface area contributed by atoms with Gasteiger partial charge in [0, 0.05) is 12.6 Å². The Kier molecular flexibility index (Phi) is 3.30. The highest BCUT2D eigenvalue weighted by Crippen LogP contribution is 2.37. The molecule has 19 heavy (non-hydrogen) atoms. The topological polar surface area (TPSA) is 54.2 Å². The monoisotopic (exact) mass is 268 g/mol. The van der Waals surface area contributed by atoms with Crippen LogP contribution >= 0.6 is 0 Å². The van der Waals surface area contributed by atoms with E-state index in [0.29, 0.717) is 25.6 Å². The second-order valence-corrected chi connectivity index (χ2v) is 5.89. The van der Waals surface area contributed by atoms with Crippen LogP contribution in [-0.2, 0) is 6.54 Å². The molecule has 0 radical (unpaired) electrons. The highest BCUT2D eigenvalue weighted by Gasteiger charge is 2.36. The highest BCUT2D eigenvalue weighted by molar-refractivity contribution is 5.02. The van der Waals surface area contributed by atoms with E-state index in [2.05, 4.69) is 14.8 Å². The minimum Gasteiger partial charge on any atom is -0.393 e. The number of aryl methyl sites for hydroxylation is 1. The van der Waals surface area contributed by atoms with E-state index in [1.165, 1.54) is 12.8 Å². The molecule has 106 valence electrons. The van der Waals surface area contributed by atoms with Crippen molar-refractivity contribution < 1.29 is 9.50 Å². The molecule has 1 unspecified atom stereocenters. The Morgan fingerprint density at radius 2 is 2.21 bits per heavy atom. The fraction of sp³-hybridized carbons (Fsp3) is 0.846. The molecular weight excluding hydrogens is 247 g/mol. The Morgan fingerprint density at radius 1 is 1.42 bits per heavy atom. The zero-order valence-corrected chi connectivity index (χ0v) is 11.3. The maximum atomic E-state index is 14.2. The second-order valence-electron chi connectivity index (χ2n) is 5.89. The molecule has 1 aliphatic carbocycles. The third kappa shape index (κ3) is 2.65. The van der Waals surface area contributed by atoms with Gasteiger partial charge in [0.15, 0.2) is 0 Å². The first-order valence-corrected chi connectivity index (χ1v) is 7.04. The summed E-state index contributed by atoms with van der Waals surface area (Å²) in [6.07, 6.45) is 3.62. The van der Waals surface area contributed by atoms with Crippen molar-refractivity contribution in [1.29, 1.82) is 0 Å². The third-order valence-electron chi connectivity index (χ3n) is 4.10. The number of piperidine rings is 1. The van der Waals surface area contributed by atoms with E-state index in [1.54, 1.807) is 0 Å². The molecule has 0 aromatic carbocycles. The third-order valence-corrected chi connectivity index (χ3v) is 4.10. The van der Waals surface area contributed by atoms with Crippen LogP contribution in [0.4, 0.5) is 4.39 Å². The summed E-state index contributed by atoms with van der Waals surface area (Å²) in [7, 11) is 0. The summed E-state index contributed by atoms with van der Waals surface area (Å²) >= 11 is 0. The van der Waals surface area contributed by atoms with Gasteiger partial charge in [-0.05, 0) is 39.2 Å². The summed E-state index contributed by atoms with van der Waals surface area (Å²) < 4.78 is 16.4. The van der Waals surface area contributed by atoms with Crippen molar-refractivity contribution in [2.75, 3.05) is 19.7 Å². The number of halogens is 1. The lowest BCUT2D eigenvalue weighted by molar-refractivity contribution is -0.00495. The Bertz CT molecular complexity index is 459. The van der Waals surface area contributed by atoms with Gasteiger partial charge in [-0.1, -0.05) is 0 Å². The lowest BCUT2D eigenvalue weighted by Crippen LogP contribution is -2.47. The molecule has 1 saturated carbocycles. The van der Waals surface area contributed by atoms with E-state index in [-0.39, 0.29) is 0 Å². The van der Waals surface area contributed by atoms with Gasteiger partial charge in [-0.3, -0.25) is 4.90 Å². The zero-order valence-electron chi connectivity index (χ0n) is 11.3. The summed E-state index contributed by atoms with van der Waals surface area (Å²) in [4.78, 5) is 2.04. The number of hydrogen-bond donors (Lipinski definition) is 1. The van der Waals surface area contributed by atoms with Crippen molar-refractivity contribution in [3.63, 3.8) is 0 Å². The number of rotatable bonds is 4. The van der Waals surface area contributed by atoms with Crippen molar-refractivity contribution in [2.24, 2.45) is 0 Å². The van der Waals surface area contributed by atoms with Crippen LogP contribution in [0.5, 0.6) is 0 Å². The van der Waals surface area contributed by atoms with Gasteiger partial charge in [0.1, 0.15) is 17.3 Å². The van der Waals surface area contributed by atoms with Gasteiger partial charge < -0.3 is 9.67 Å². The Labute approximate surface area is 112 Å². The molecule has 2 aliphatic rings. The minimum atomic E-state index is -1.45. The van der Waals surface area contributed by atoms with Crippen LogP contribution in [0.25, 0.3) is 0 Å². The molecule has 2 fully saturated rings. The fourth-order valence-electron chi connectivity index (χ4n) is 2.97. The normalized spacial score (nSPS) is 28.8. The Hall–Kier alpha value is -1.01. The van der Waals surface area contributed by atoms with Crippen LogP contribution in [0.1, 0.15) is 43.4 Å². The van der Waals surface area contributed by atoms with Crippen LogP contribution in [-0.4, -0.2) is 50.1 Å². The summed E-state index contributed by atoms with van der Waals surface area (Å²) in [5, 5.41) is 17.5. The van der Waals surface area contributed by atoms with Crippen LogP contribution in [0.15, 0.2) is 0 Å². The van der Waals surface area contributed by atoms with Crippen molar-refractivity contribution in [2.45, 2.75) is 50.9 Å². The zero-order chi connectivity index (χ0) is 13.5. The molecule has 6 heteroatoms. The van der Waals surface area contributed by atoms with Crippen molar-refractivity contribution in [3.05, 3.63) is 11.6 Å². The van der Waals surface area contributed by atoms with Crippen LogP contribution < -0.4 is 0 Å². The maximum absolute atomic E-state index is 14.2. The predicted octanol–water partition coefficient (Wildman–Crippen LogP) is 1.22. The van der Waals surface area contributed by atoms with E-state index in [9.17, 15) is 4.39 Å². The van der Waals surface area contributed by atoms with Crippen molar-refractivity contribution in [3.8, 4) is 0 Å². The molecule has 2 heterocycles. The van der Waals surface area contributed by atoms with Gasteiger partial charge in [0.25, 0.3) is 0 Å². The number of hydrogen-bond acceptors (Lipinski definition) is 4. The average Bonchev–Trinajstić information content (AvgIpc) is 3.15.